The van der Waals surface area contributed by atoms with Crippen molar-refractivity contribution in [3.8, 4) is 0 Å². The lowest BCUT2D eigenvalue weighted by molar-refractivity contribution is -0.123. The number of ether oxygens (including phenoxy) is 1. The molecule has 0 radical (unpaired) electrons. The zero-order valence-electron chi connectivity index (χ0n) is 13.1. The maximum Gasteiger partial charge on any atom is 0.221 e. The molecule has 2 atom stereocenters. The van der Waals surface area contributed by atoms with E-state index in [0.717, 1.165) is 19.7 Å². The molecule has 1 aromatic heterocycles. The van der Waals surface area contributed by atoms with E-state index in [1.54, 1.807) is 12.5 Å². The summed E-state index contributed by atoms with van der Waals surface area (Å²) in [4.78, 5) is 16.3. The van der Waals surface area contributed by atoms with Crippen LogP contribution in [0.2, 0.25) is 0 Å². The maximum absolute atomic E-state index is 12.3. The van der Waals surface area contributed by atoms with Gasteiger partial charge in [-0.2, -0.15) is 0 Å². The van der Waals surface area contributed by atoms with Crippen LogP contribution >= 0.6 is 0 Å². The molecule has 6 heteroatoms. The Morgan fingerprint density at radius 1 is 1.57 bits per heavy atom. The van der Waals surface area contributed by atoms with Crippen molar-refractivity contribution in [1.29, 1.82) is 0 Å². The number of amides is 1. The lowest BCUT2D eigenvalue weighted by Crippen LogP contribution is -2.49. The second-order valence-corrected chi connectivity index (χ2v) is 6.68. The number of carbonyl (C=O) groups excluding carboxylic acids is 1. The van der Waals surface area contributed by atoms with Gasteiger partial charge in [0.2, 0.25) is 5.91 Å². The molecule has 0 spiro atoms. The largest absolute Gasteiger partial charge is 0.378 e. The van der Waals surface area contributed by atoms with Gasteiger partial charge in [-0.25, -0.2) is 4.98 Å². The van der Waals surface area contributed by atoms with Crippen molar-refractivity contribution in [2.75, 3.05) is 19.8 Å². The van der Waals surface area contributed by atoms with Crippen LogP contribution in [-0.2, 0) is 16.1 Å². The van der Waals surface area contributed by atoms with Gasteiger partial charge in [-0.05, 0) is 5.41 Å². The average Bonchev–Trinajstić information content (AvgIpc) is 2.91. The molecule has 1 saturated heterocycles. The summed E-state index contributed by atoms with van der Waals surface area (Å²) >= 11 is 0. The van der Waals surface area contributed by atoms with E-state index in [2.05, 4.69) is 36.4 Å². The fourth-order valence-electron chi connectivity index (χ4n) is 2.37. The monoisotopic (exact) mass is 294 g/mol. The predicted octanol–water partition coefficient (Wildman–Crippen LogP) is 0.793. The fraction of sp³-hybridized carbons (Fsp3) is 0.733. The van der Waals surface area contributed by atoms with E-state index in [9.17, 15) is 4.79 Å². The molecule has 2 unspecified atom stereocenters. The van der Waals surface area contributed by atoms with Gasteiger partial charge in [0.05, 0.1) is 25.6 Å². The van der Waals surface area contributed by atoms with Crippen LogP contribution in [0.5, 0.6) is 0 Å². The van der Waals surface area contributed by atoms with Gasteiger partial charge >= 0.3 is 0 Å². The standard InChI is InChI=1S/C15H26N4O2/c1-15(2,3)13(9-19-6-4-16-11-19)18-14(20)8-12-10-21-7-5-17-12/h4,6,11-13,17H,5,7-10H2,1-3H3,(H,18,20). The summed E-state index contributed by atoms with van der Waals surface area (Å²) in [5, 5.41) is 6.47. The van der Waals surface area contributed by atoms with Gasteiger partial charge in [-0.15, -0.1) is 0 Å². The molecule has 21 heavy (non-hydrogen) atoms. The van der Waals surface area contributed by atoms with Crippen LogP contribution in [0.1, 0.15) is 27.2 Å². The van der Waals surface area contributed by atoms with Crippen molar-refractivity contribution < 1.29 is 9.53 Å². The van der Waals surface area contributed by atoms with Crippen LogP contribution in [0, 0.1) is 5.41 Å². The third-order valence-corrected chi connectivity index (χ3v) is 3.76. The molecule has 2 N–H and O–H groups in total. The van der Waals surface area contributed by atoms with Gasteiger partial charge < -0.3 is 19.9 Å². The highest BCUT2D eigenvalue weighted by molar-refractivity contribution is 5.77. The molecule has 118 valence electrons. The maximum atomic E-state index is 12.3. The van der Waals surface area contributed by atoms with E-state index in [4.69, 9.17) is 4.74 Å². The van der Waals surface area contributed by atoms with Gasteiger partial charge in [-0.1, -0.05) is 20.8 Å². The smallest absolute Gasteiger partial charge is 0.221 e. The molecule has 1 amide bonds. The van der Waals surface area contributed by atoms with Crippen LogP contribution < -0.4 is 10.6 Å². The Kier molecular flexibility index (Phi) is 5.36. The lowest BCUT2D eigenvalue weighted by atomic mass is 9.86. The first-order chi connectivity index (χ1) is 9.95. The van der Waals surface area contributed by atoms with E-state index < -0.39 is 0 Å². The molecule has 1 aliphatic heterocycles. The molecule has 6 nitrogen and oxygen atoms in total. The highest BCUT2D eigenvalue weighted by Gasteiger charge is 2.27. The molecule has 1 aliphatic rings. The topological polar surface area (TPSA) is 68.2 Å². The van der Waals surface area contributed by atoms with E-state index in [1.807, 2.05) is 10.8 Å². The van der Waals surface area contributed by atoms with Crippen LogP contribution in [0.25, 0.3) is 0 Å². The quantitative estimate of drug-likeness (QED) is 0.842. The van der Waals surface area contributed by atoms with Gasteiger partial charge in [0.1, 0.15) is 0 Å². The summed E-state index contributed by atoms with van der Waals surface area (Å²) in [6.07, 6.45) is 5.91. The molecule has 2 heterocycles. The molecule has 1 aromatic rings. The fourth-order valence-corrected chi connectivity index (χ4v) is 2.37. The van der Waals surface area contributed by atoms with Crippen molar-refractivity contribution in [2.24, 2.45) is 5.41 Å². The van der Waals surface area contributed by atoms with Crippen molar-refractivity contribution in [3.05, 3.63) is 18.7 Å². The molecular formula is C15H26N4O2. The minimum Gasteiger partial charge on any atom is -0.378 e. The third kappa shape index (κ3) is 5.13. The summed E-state index contributed by atoms with van der Waals surface area (Å²) in [5.74, 6) is 0.0676. The molecule has 0 aliphatic carbocycles. The summed E-state index contributed by atoms with van der Waals surface area (Å²) in [7, 11) is 0. The first-order valence-electron chi connectivity index (χ1n) is 7.51. The zero-order chi connectivity index (χ0) is 15.3. The van der Waals surface area contributed by atoms with E-state index in [1.165, 1.54) is 0 Å². The third-order valence-electron chi connectivity index (χ3n) is 3.76. The molecular weight excluding hydrogens is 268 g/mol. The summed E-state index contributed by atoms with van der Waals surface area (Å²) in [6, 6.07) is 0.177. The van der Waals surface area contributed by atoms with E-state index >= 15 is 0 Å². The normalized spacial score (nSPS) is 21.0. The Balaban J connectivity index is 1.89. The van der Waals surface area contributed by atoms with E-state index in [0.29, 0.717) is 13.0 Å². The molecule has 2 rings (SSSR count). The number of aromatic nitrogens is 2. The van der Waals surface area contributed by atoms with Crippen LogP contribution in [0.15, 0.2) is 18.7 Å². The number of nitrogens with one attached hydrogen (secondary N) is 2. The Morgan fingerprint density at radius 2 is 2.38 bits per heavy atom. The second-order valence-electron chi connectivity index (χ2n) is 6.68. The van der Waals surface area contributed by atoms with Crippen LogP contribution in [-0.4, -0.2) is 47.3 Å². The Labute approximate surface area is 126 Å². The predicted molar refractivity (Wildman–Crippen MR) is 80.8 cm³/mol. The second kappa shape index (κ2) is 7.04. The molecule has 1 fully saturated rings. The Morgan fingerprint density at radius 3 is 2.95 bits per heavy atom. The number of morpholine rings is 1. The number of carbonyl (C=O) groups is 1. The lowest BCUT2D eigenvalue weighted by Gasteiger charge is -2.32. The molecule has 0 saturated carbocycles. The first kappa shape index (κ1) is 16.0. The minimum absolute atomic E-state index is 0.0174. The Bertz CT molecular complexity index is 433. The number of imidazole rings is 1. The van der Waals surface area contributed by atoms with Crippen LogP contribution in [0.3, 0.4) is 0 Å². The van der Waals surface area contributed by atoms with Gasteiger partial charge in [0.15, 0.2) is 0 Å². The summed E-state index contributed by atoms with van der Waals surface area (Å²) < 4.78 is 7.38. The van der Waals surface area contributed by atoms with E-state index in [-0.39, 0.29) is 23.4 Å². The zero-order valence-corrected chi connectivity index (χ0v) is 13.1. The average molecular weight is 294 g/mol. The van der Waals surface area contributed by atoms with Crippen molar-refractivity contribution in [3.63, 3.8) is 0 Å². The van der Waals surface area contributed by atoms with Crippen molar-refractivity contribution in [1.82, 2.24) is 20.2 Å². The Hall–Kier alpha value is -1.40. The van der Waals surface area contributed by atoms with Gasteiger partial charge in [-0.3, -0.25) is 4.79 Å². The number of nitrogens with zero attached hydrogens (tertiary/aromatic N) is 2. The summed E-state index contributed by atoms with van der Waals surface area (Å²) in [6.45, 7) is 9.28. The number of rotatable bonds is 5. The first-order valence-corrected chi connectivity index (χ1v) is 7.51. The molecule has 0 bridgehead atoms. The highest BCUT2D eigenvalue weighted by atomic mass is 16.5. The minimum atomic E-state index is -0.0174. The van der Waals surface area contributed by atoms with Gasteiger partial charge in [0, 0.05) is 37.9 Å². The number of hydrogen-bond acceptors (Lipinski definition) is 4. The van der Waals surface area contributed by atoms with Crippen molar-refractivity contribution in [2.45, 2.75) is 45.8 Å². The SMILES string of the molecule is CC(C)(C)C(Cn1ccnc1)NC(=O)CC1COCCN1. The van der Waals surface area contributed by atoms with Crippen molar-refractivity contribution >= 4 is 5.91 Å². The molecule has 0 aromatic carbocycles. The van der Waals surface area contributed by atoms with Crippen LogP contribution in [0.4, 0.5) is 0 Å². The van der Waals surface area contributed by atoms with Gasteiger partial charge in [0.25, 0.3) is 0 Å². The number of hydrogen-bond donors (Lipinski definition) is 2. The highest BCUT2D eigenvalue weighted by Crippen LogP contribution is 2.21. The summed E-state index contributed by atoms with van der Waals surface area (Å²) in [5.41, 5.74) is -0.0174.